The van der Waals surface area contributed by atoms with Crippen molar-refractivity contribution in [1.29, 1.82) is 0 Å². The minimum Gasteiger partial charge on any atom is -0.444 e. The van der Waals surface area contributed by atoms with Gasteiger partial charge in [-0.2, -0.15) is 0 Å². The number of carbonyl (C=O) groups is 2. The van der Waals surface area contributed by atoms with Crippen molar-refractivity contribution >= 4 is 12.0 Å². The summed E-state index contributed by atoms with van der Waals surface area (Å²) in [6, 6.07) is 2.84. The van der Waals surface area contributed by atoms with Crippen molar-refractivity contribution in [2.24, 2.45) is 0 Å². The van der Waals surface area contributed by atoms with Gasteiger partial charge in [0.2, 0.25) is 5.56 Å². The third-order valence-electron chi connectivity index (χ3n) is 3.83. The van der Waals surface area contributed by atoms with Crippen LogP contribution in [0, 0.1) is 0 Å². The van der Waals surface area contributed by atoms with E-state index in [-0.39, 0.29) is 17.6 Å². The molecule has 1 aliphatic heterocycles. The van der Waals surface area contributed by atoms with Gasteiger partial charge in [-0.25, -0.2) is 4.79 Å². The van der Waals surface area contributed by atoms with Crippen molar-refractivity contribution in [1.82, 2.24) is 14.8 Å². The fraction of sp³-hybridized carbons (Fsp3) is 0.588. The van der Waals surface area contributed by atoms with E-state index in [1.165, 1.54) is 18.3 Å². The van der Waals surface area contributed by atoms with Gasteiger partial charge in [0.05, 0.1) is 11.1 Å². The van der Waals surface area contributed by atoms with Crippen molar-refractivity contribution in [2.75, 3.05) is 19.6 Å². The largest absolute Gasteiger partial charge is 0.444 e. The Hall–Kier alpha value is -2.31. The van der Waals surface area contributed by atoms with Gasteiger partial charge in [-0.3, -0.25) is 9.59 Å². The van der Waals surface area contributed by atoms with E-state index < -0.39 is 11.1 Å². The fourth-order valence-electron chi connectivity index (χ4n) is 2.71. The summed E-state index contributed by atoms with van der Waals surface area (Å²) >= 11 is 0. The molecule has 1 aromatic rings. The highest BCUT2D eigenvalue weighted by Gasteiger charge is 2.39. The van der Waals surface area contributed by atoms with E-state index in [4.69, 9.17) is 4.74 Å². The number of ether oxygens (including phenoxy) is 1. The lowest BCUT2D eigenvalue weighted by molar-refractivity contribution is -0.0109. The summed E-state index contributed by atoms with van der Waals surface area (Å²) in [5, 5.41) is 0. The van der Waals surface area contributed by atoms with Gasteiger partial charge in [0.1, 0.15) is 5.60 Å². The number of piperazine rings is 1. The highest BCUT2D eigenvalue weighted by Crippen LogP contribution is 2.24. The second kappa shape index (κ2) is 6.30. The first kappa shape index (κ1) is 18.0. The molecule has 1 aliphatic rings. The highest BCUT2D eigenvalue weighted by atomic mass is 16.6. The molecule has 132 valence electrons. The quantitative estimate of drug-likeness (QED) is 0.849. The monoisotopic (exact) mass is 335 g/mol. The van der Waals surface area contributed by atoms with Crippen molar-refractivity contribution in [2.45, 2.75) is 45.8 Å². The number of nitrogens with one attached hydrogen (secondary N) is 1. The van der Waals surface area contributed by atoms with E-state index in [9.17, 15) is 14.4 Å². The molecule has 7 heteroatoms. The van der Waals surface area contributed by atoms with E-state index in [1.807, 2.05) is 34.6 Å². The summed E-state index contributed by atoms with van der Waals surface area (Å²) < 4.78 is 5.41. The normalized spacial score (nSPS) is 17.5. The van der Waals surface area contributed by atoms with Crippen LogP contribution in [0.2, 0.25) is 0 Å². The zero-order valence-electron chi connectivity index (χ0n) is 14.9. The van der Waals surface area contributed by atoms with E-state index in [1.54, 1.807) is 9.80 Å². The Morgan fingerprint density at radius 3 is 2.38 bits per heavy atom. The molecular weight excluding hydrogens is 310 g/mol. The van der Waals surface area contributed by atoms with Crippen LogP contribution in [-0.4, -0.2) is 57.6 Å². The van der Waals surface area contributed by atoms with E-state index in [0.717, 1.165) is 0 Å². The van der Waals surface area contributed by atoms with Gasteiger partial charge in [0.25, 0.3) is 5.91 Å². The predicted molar refractivity (Wildman–Crippen MR) is 90.0 cm³/mol. The molecule has 0 atom stereocenters. The van der Waals surface area contributed by atoms with Crippen LogP contribution in [0.15, 0.2) is 23.1 Å². The Balaban J connectivity index is 2.11. The summed E-state index contributed by atoms with van der Waals surface area (Å²) in [5.74, 6) is -0.167. The van der Waals surface area contributed by atoms with Crippen molar-refractivity contribution in [3.8, 4) is 0 Å². The maximum Gasteiger partial charge on any atom is 0.410 e. The Labute approximate surface area is 141 Å². The Morgan fingerprint density at radius 2 is 1.88 bits per heavy atom. The number of H-pyrrole nitrogens is 1. The molecule has 24 heavy (non-hydrogen) atoms. The summed E-state index contributed by atoms with van der Waals surface area (Å²) in [7, 11) is 0. The fourth-order valence-corrected chi connectivity index (χ4v) is 2.71. The number of aromatic amines is 1. The third kappa shape index (κ3) is 4.15. The topological polar surface area (TPSA) is 82.7 Å². The zero-order chi connectivity index (χ0) is 18.1. The Kier molecular flexibility index (Phi) is 4.73. The molecule has 0 bridgehead atoms. The molecule has 1 fully saturated rings. The first-order chi connectivity index (χ1) is 11.0. The standard InChI is InChI=1S/C17H25N3O4/c1-16(2,3)24-15(23)19-8-9-20(17(4,5)11-19)14(22)12-6-7-13(21)18-10-12/h6-7,10H,8-9,11H2,1-5H3,(H,18,21). The molecule has 1 N–H and O–H groups in total. The van der Waals surface area contributed by atoms with Crippen LogP contribution in [0.25, 0.3) is 0 Å². The summed E-state index contributed by atoms with van der Waals surface area (Å²) in [5.41, 5.74) is -0.916. The van der Waals surface area contributed by atoms with E-state index >= 15 is 0 Å². The molecule has 0 unspecified atom stereocenters. The molecule has 2 amide bonds. The number of aromatic nitrogens is 1. The third-order valence-corrected chi connectivity index (χ3v) is 3.83. The zero-order valence-corrected chi connectivity index (χ0v) is 14.9. The van der Waals surface area contributed by atoms with Crippen LogP contribution >= 0.6 is 0 Å². The lowest BCUT2D eigenvalue weighted by Gasteiger charge is -2.47. The van der Waals surface area contributed by atoms with Gasteiger partial charge in [0.15, 0.2) is 0 Å². The molecule has 1 aromatic heterocycles. The van der Waals surface area contributed by atoms with Crippen LogP contribution in [-0.2, 0) is 4.74 Å². The van der Waals surface area contributed by atoms with E-state index in [2.05, 4.69) is 4.98 Å². The number of rotatable bonds is 1. The maximum absolute atomic E-state index is 12.7. The number of hydrogen-bond acceptors (Lipinski definition) is 4. The molecule has 0 aromatic carbocycles. The number of hydrogen-bond donors (Lipinski definition) is 1. The summed E-state index contributed by atoms with van der Waals surface area (Å²) in [6.07, 6.45) is 1.05. The molecule has 2 heterocycles. The van der Waals surface area contributed by atoms with Crippen molar-refractivity contribution in [3.63, 3.8) is 0 Å². The van der Waals surface area contributed by atoms with Crippen LogP contribution in [0.5, 0.6) is 0 Å². The van der Waals surface area contributed by atoms with Gasteiger partial charge >= 0.3 is 6.09 Å². The van der Waals surface area contributed by atoms with Crippen molar-refractivity contribution < 1.29 is 14.3 Å². The molecule has 1 saturated heterocycles. The summed E-state index contributed by atoms with van der Waals surface area (Å²) in [4.78, 5) is 42.0. The van der Waals surface area contributed by atoms with Gasteiger partial charge in [-0.05, 0) is 40.7 Å². The average molecular weight is 335 g/mol. The van der Waals surface area contributed by atoms with Gasteiger partial charge in [0, 0.05) is 31.9 Å². The molecule has 0 spiro atoms. The second-order valence-corrected chi connectivity index (χ2v) is 7.61. The van der Waals surface area contributed by atoms with Gasteiger partial charge in [-0.1, -0.05) is 0 Å². The molecule has 0 saturated carbocycles. The first-order valence-corrected chi connectivity index (χ1v) is 7.98. The SMILES string of the molecule is CC(C)(C)OC(=O)N1CCN(C(=O)c2ccc(=O)[nH]c2)C(C)(C)C1. The number of pyridine rings is 1. The van der Waals surface area contributed by atoms with Gasteiger partial charge < -0.3 is 19.5 Å². The lowest BCUT2D eigenvalue weighted by atomic mass is 9.98. The Bertz CT molecular complexity index is 667. The van der Waals surface area contributed by atoms with Crippen LogP contribution in [0.3, 0.4) is 0 Å². The number of carbonyl (C=O) groups excluding carboxylic acids is 2. The van der Waals surface area contributed by atoms with Gasteiger partial charge in [-0.15, -0.1) is 0 Å². The van der Waals surface area contributed by atoms with Crippen LogP contribution in [0.1, 0.15) is 45.0 Å². The molecule has 0 aliphatic carbocycles. The van der Waals surface area contributed by atoms with Crippen LogP contribution in [0.4, 0.5) is 4.79 Å². The predicted octanol–water partition coefficient (Wildman–Crippen LogP) is 1.85. The molecule has 0 radical (unpaired) electrons. The minimum absolute atomic E-state index is 0.167. The molecule has 7 nitrogen and oxygen atoms in total. The van der Waals surface area contributed by atoms with Crippen LogP contribution < -0.4 is 5.56 Å². The number of nitrogens with zero attached hydrogens (tertiary/aromatic N) is 2. The lowest BCUT2D eigenvalue weighted by Crippen LogP contribution is -2.62. The maximum atomic E-state index is 12.7. The summed E-state index contributed by atoms with van der Waals surface area (Å²) in [6.45, 7) is 10.5. The Morgan fingerprint density at radius 1 is 1.21 bits per heavy atom. The first-order valence-electron chi connectivity index (χ1n) is 7.98. The number of amides is 2. The smallest absolute Gasteiger partial charge is 0.410 e. The molecule has 2 rings (SSSR count). The second-order valence-electron chi connectivity index (χ2n) is 7.61. The van der Waals surface area contributed by atoms with Crippen molar-refractivity contribution in [3.05, 3.63) is 34.2 Å². The van der Waals surface area contributed by atoms with E-state index in [0.29, 0.717) is 25.2 Å². The minimum atomic E-state index is -0.551. The average Bonchev–Trinajstić information content (AvgIpc) is 2.44. The highest BCUT2D eigenvalue weighted by molar-refractivity contribution is 5.94. The molecular formula is C17H25N3O4.